The first-order valence-electron chi connectivity index (χ1n) is 7.56. The van der Waals surface area contributed by atoms with E-state index in [0.717, 1.165) is 22.7 Å². The van der Waals surface area contributed by atoms with E-state index in [1.807, 2.05) is 0 Å². The molecule has 2 aromatic carbocycles. The van der Waals surface area contributed by atoms with Gasteiger partial charge in [-0.2, -0.15) is 0 Å². The molecule has 0 fully saturated rings. The molecule has 9 heteroatoms. The fourth-order valence-corrected chi connectivity index (χ4v) is 3.63. The Morgan fingerprint density at radius 1 is 1.15 bits per heavy atom. The molecule has 0 spiro atoms. The molecule has 0 aliphatic rings. The van der Waals surface area contributed by atoms with Crippen LogP contribution >= 0.6 is 0 Å². The van der Waals surface area contributed by atoms with Gasteiger partial charge < -0.3 is 11.1 Å². The Balaban J connectivity index is 2.36. The van der Waals surface area contributed by atoms with Gasteiger partial charge in [0.25, 0.3) is 5.91 Å². The minimum absolute atomic E-state index is 0.0123. The van der Waals surface area contributed by atoms with Gasteiger partial charge in [0.05, 0.1) is 23.2 Å². The van der Waals surface area contributed by atoms with Gasteiger partial charge >= 0.3 is 0 Å². The second kappa shape index (κ2) is 7.52. The Kier molecular flexibility index (Phi) is 5.61. The standard InChI is InChI=1S/C17H18FN3O4S/c1-11(17(23)20-15-9-4-3-8-14(15)16(19)22)21(26(2,24)25)13-7-5-6-12(18)10-13/h3-11H,1-2H3,(H2,19,22)(H,20,23). The highest BCUT2D eigenvalue weighted by molar-refractivity contribution is 7.92. The first-order valence-corrected chi connectivity index (χ1v) is 9.40. The normalized spacial score (nSPS) is 12.3. The lowest BCUT2D eigenvalue weighted by Crippen LogP contribution is -2.45. The molecule has 0 aliphatic heterocycles. The van der Waals surface area contributed by atoms with Crippen LogP contribution in [0.25, 0.3) is 0 Å². The summed E-state index contributed by atoms with van der Waals surface area (Å²) < 4.78 is 38.6. The van der Waals surface area contributed by atoms with Crippen molar-refractivity contribution in [1.82, 2.24) is 0 Å². The maximum Gasteiger partial charge on any atom is 0.250 e. The third kappa shape index (κ3) is 4.37. The second-order valence-electron chi connectivity index (χ2n) is 5.61. The minimum Gasteiger partial charge on any atom is -0.366 e. The number of anilines is 2. The summed E-state index contributed by atoms with van der Waals surface area (Å²) in [5.74, 6) is -2.07. The number of sulfonamides is 1. The second-order valence-corrected chi connectivity index (χ2v) is 7.47. The number of carbonyl (C=O) groups is 2. The van der Waals surface area contributed by atoms with Crippen molar-refractivity contribution >= 4 is 33.2 Å². The number of primary amides is 1. The molecule has 1 unspecified atom stereocenters. The Morgan fingerprint density at radius 2 is 1.81 bits per heavy atom. The molecule has 0 radical (unpaired) electrons. The van der Waals surface area contributed by atoms with E-state index in [2.05, 4.69) is 5.32 Å². The fraction of sp³-hybridized carbons (Fsp3) is 0.176. The zero-order chi connectivity index (χ0) is 19.5. The van der Waals surface area contributed by atoms with Gasteiger partial charge in [0.2, 0.25) is 15.9 Å². The van der Waals surface area contributed by atoms with E-state index in [1.54, 1.807) is 12.1 Å². The molecular formula is C17H18FN3O4S. The molecular weight excluding hydrogens is 361 g/mol. The van der Waals surface area contributed by atoms with Gasteiger partial charge in [0.15, 0.2) is 0 Å². The van der Waals surface area contributed by atoms with E-state index in [1.165, 1.54) is 31.2 Å². The van der Waals surface area contributed by atoms with Crippen LogP contribution in [0.1, 0.15) is 17.3 Å². The zero-order valence-electron chi connectivity index (χ0n) is 14.1. The quantitative estimate of drug-likeness (QED) is 0.796. The summed E-state index contributed by atoms with van der Waals surface area (Å²) in [5.41, 5.74) is 5.52. The molecule has 0 heterocycles. The summed E-state index contributed by atoms with van der Waals surface area (Å²) >= 11 is 0. The van der Waals surface area contributed by atoms with Crippen LogP contribution in [0, 0.1) is 5.82 Å². The number of rotatable bonds is 6. The number of nitrogens with two attached hydrogens (primary N) is 1. The van der Waals surface area contributed by atoms with Crippen LogP contribution in [0.5, 0.6) is 0 Å². The maximum absolute atomic E-state index is 13.5. The zero-order valence-corrected chi connectivity index (χ0v) is 15.0. The molecule has 0 aliphatic carbocycles. The summed E-state index contributed by atoms with van der Waals surface area (Å²) in [6.07, 6.45) is 0.916. The van der Waals surface area contributed by atoms with Crippen LogP contribution in [0.15, 0.2) is 48.5 Å². The van der Waals surface area contributed by atoms with Crippen molar-refractivity contribution in [2.45, 2.75) is 13.0 Å². The van der Waals surface area contributed by atoms with Gasteiger partial charge in [-0.25, -0.2) is 12.8 Å². The third-order valence-electron chi connectivity index (χ3n) is 3.60. The Bertz CT molecular complexity index is 947. The highest BCUT2D eigenvalue weighted by Crippen LogP contribution is 2.23. The van der Waals surface area contributed by atoms with Gasteiger partial charge in [-0.1, -0.05) is 18.2 Å². The van der Waals surface area contributed by atoms with Crippen molar-refractivity contribution in [3.8, 4) is 0 Å². The topological polar surface area (TPSA) is 110 Å². The number of amides is 2. The SMILES string of the molecule is CC(C(=O)Nc1ccccc1C(N)=O)N(c1cccc(F)c1)S(C)(=O)=O. The van der Waals surface area contributed by atoms with Crippen LogP contribution in [-0.4, -0.2) is 32.5 Å². The van der Waals surface area contributed by atoms with E-state index in [0.29, 0.717) is 0 Å². The smallest absolute Gasteiger partial charge is 0.250 e. The van der Waals surface area contributed by atoms with Crippen LogP contribution in [-0.2, 0) is 14.8 Å². The summed E-state index contributed by atoms with van der Waals surface area (Å²) in [5, 5.41) is 2.49. The summed E-state index contributed by atoms with van der Waals surface area (Å²) in [6.45, 7) is 1.36. The predicted molar refractivity (Wildman–Crippen MR) is 96.8 cm³/mol. The van der Waals surface area contributed by atoms with Crippen molar-refractivity contribution in [1.29, 1.82) is 0 Å². The third-order valence-corrected chi connectivity index (χ3v) is 4.84. The lowest BCUT2D eigenvalue weighted by molar-refractivity contribution is -0.116. The van der Waals surface area contributed by atoms with Crippen molar-refractivity contribution in [3.05, 3.63) is 59.9 Å². The predicted octanol–water partition coefficient (Wildman–Crippen LogP) is 1.72. The first kappa shape index (κ1) is 19.4. The van der Waals surface area contributed by atoms with Crippen LogP contribution in [0.2, 0.25) is 0 Å². The molecule has 138 valence electrons. The van der Waals surface area contributed by atoms with Gasteiger partial charge in [-0.3, -0.25) is 13.9 Å². The Labute approximate surface area is 150 Å². The molecule has 2 rings (SSSR count). The van der Waals surface area contributed by atoms with E-state index in [9.17, 15) is 22.4 Å². The van der Waals surface area contributed by atoms with Gasteiger partial charge in [0.1, 0.15) is 11.9 Å². The fourth-order valence-electron chi connectivity index (χ4n) is 2.47. The van der Waals surface area contributed by atoms with Crippen LogP contribution < -0.4 is 15.4 Å². The maximum atomic E-state index is 13.5. The van der Waals surface area contributed by atoms with Crippen molar-refractivity contribution in [2.24, 2.45) is 5.73 Å². The van der Waals surface area contributed by atoms with Crippen LogP contribution in [0.3, 0.4) is 0 Å². The van der Waals surface area contributed by atoms with Crippen molar-refractivity contribution < 1.29 is 22.4 Å². The van der Waals surface area contributed by atoms with E-state index in [4.69, 9.17) is 5.73 Å². The van der Waals surface area contributed by atoms with Crippen molar-refractivity contribution in [3.63, 3.8) is 0 Å². The molecule has 0 aromatic heterocycles. The van der Waals surface area contributed by atoms with E-state index >= 15 is 0 Å². The monoisotopic (exact) mass is 379 g/mol. The summed E-state index contributed by atoms with van der Waals surface area (Å²) in [4.78, 5) is 24.0. The average molecular weight is 379 g/mol. The highest BCUT2D eigenvalue weighted by Gasteiger charge is 2.29. The number of nitrogens with one attached hydrogen (secondary N) is 1. The number of halogens is 1. The van der Waals surface area contributed by atoms with E-state index < -0.39 is 33.7 Å². The number of para-hydroxylation sites is 1. The lowest BCUT2D eigenvalue weighted by Gasteiger charge is -2.28. The van der Waals surface area contributed by atoms with Crippen molar-refractivity contribution in [2.75, 3.05) is 15.9 Å². The Hall–Kier alpha value is -2.94. The van der Waals surface area contributed by atoms with Gasteiger partial charge in [-0.05, 0) is 37.3 Å². The largest absolute Gasteiger partial charge is 0.366 e. The van der Waals surface area contributed by atoms with Crippen LogP contribution in [0.4, 0.5) is 15.8 Å². The van der Waals surface area contributed by atoms with Gasteiger partial charge in [-0.15, -0.1) is 0 Å². The number of hydrogen-bond acceptors (Lipinski definition) is 4. The lowest BCUT2D eigenvalue weighted by atomic mass is 10.1. The highest BCUT2D eigenvalue weighted by atomic mass is 32.2. The summed E-state index contributed by atoms with van der Waals surface area (Å²) in [7, 11) is -3.88. The summed E-state index contributed by atoms with van der Waals surface area (Å²) in [6, 6.07) is 9.78. The number of hydrogen-bond donors (Lipinski definition) is 2. The number of nitrogens with zero attached hydrogens (tertiary/aromatic N) is 1. The number of carbonyl (C=O) groups excluding carboxylic acids is 2. The van der Waals surface area contributed by atoms with E-state index in [-0.39, 0.29) is 16.9 Å². The Morgan fingerprint density at radius 3 is 2.38 bits per heavy atom. The first-order chi connectivity index (χ1) is 12.1. The molecule has 0 bridgehead atoms. The molecule has 0 saturated carbocycles. The number of benzene rings is 2. The molecule has 2 aromatic rings. The molecule has 7 nitrogen and oxygen atoms in total. The molecule has 2 amide bonds. The molecule has 0 saturated heterocycles. The minimum atomic E-state index is -3.88. The van der Waals surface area contributed by atoms with Gasteiger partial charge in [0, 0.05) is 0 Å². The molecule has 3 N–H and O–H groups in total. The molecule has 26 heavy (non-hydrogen) atoms. The average Bonchev–Trinajstić information content (AvgIpc) is 2.54. The molecule has 1 atom stereocenters.